The molecule has 110 valence electrons. The first-order chi connectivity index (χ1) is 9.88. The molecule has 2 aromatic rings. The van der Waals surface area contributed by atoms with Crippen LogP contribution in [0.25, 0.3) is 10.9 Å². The minimum atomic E-state index is -0.475. The molecule has 1 fully saturated rings. The molecular formula is C14H16N4O3. The van der Waals surface area contributed by atoms with Gasteiger partial charge in [-0.3, -0.25) is 14.9 Å². The predicted molar refractivity (Wildman–Crippen MR) is 79.4 cm³/mol. The molecule has 1 aliphatic carbocycles. The first kappa shape index (κ1) is 13.5. The summed E-state index contributed by atoms with van der Waals surface area (Å²) in [5.41, 5.74) is 0.145. The SMILES string of the molecule is CC(C)(Nc1cc2nc[nH]c(=O)c2cc1[N+](=O)[O-])C1CC1. The lowest BCUT2D eigenvalue weighted by molar-refractivity contribution is -0.383. The number of nitro benzene ring substituents is 1. The second-order valence-corrected chi connectivity index (χ2v) is 6.00. The van der Waals surface area contributed by atoms with Crippen molar-refractivity contribution in [3.8, 4) is 0 Å². The van der Waals surface area contributed by atoms with Crippen LogP contribution in [0.2, 0.25) is 0 Å². The number of aromatic amines is 1. The van der Waals surface area contributed by atoms with E-state index in [0.717, 1.165) is 12.8 Å². The molecule has 1 saturated carbocycles. The Morgan fingerprint density at radius 1 is 1.43 bits per heavy atom. The average Bonchev–Trinajstić information content (AvgIpc) is 3.22. The van der Waals surface area contributed by atoms with Gasteiger partial charge < -0.3 is 10.3 Å². The molecule has 7 nitrogen and oxygen atoms in total. The standard InChI is InChI=1S/C14H16N4O3/c1-14(2,8-3-4-8)17-11-6-10-9(5-12(11)18(20)21)13(19)16-7-15-10/h5-8,17H,3-4H2,1-2H3,(H,15,16,19). The molecule has 0 spiro atoms. The molecule has 0 atom stereocenters. The van der Waals surface area contributed by atoms with Crippen LogP contribution in [0.5, 0.6) is 0 Å². The normalized spacial score (nSPS) is 15.1. The third kappa shape index (κ3) is 2.46. The maximum absolute atomic E-state index is 11.7. The minimum absolute atomic E-state index is 0.102. The van der Waals surface area contributed by atoms with Crippen LogP contribution in [-0.2, 0) is 0 Å². The lowest BCUT2D eigenvalue weighted by Gasteiger charge is -2.27. The predicted octanol–water partition coefficient (Wildman–Crippen LogP) is 2.43. The van der Waals surface area contributed by atoms with Crippen LogP contribution in [-0.4, -0.2) is 20.4 Å². The van der Waals surface area contributed by atoms with Gasteiger partial charge in [0.05, 0.1) is 22.2 Å². The molecule has 1 aliphatic rings. The Morgan fingerprint density at radius 2 is 2.14 bits per heavy atom. The van der Waals surface area contributed by atoms with Gasteiger partial charge >= 0.3 is 0 Å². The van der Waals surface area contributed by atoms with Crippen molar-refractivity contribution in [1.82, 2.24) is 9.97 Å². The highest BCUT2D eigenvalue weighted by Crippen LogP contribution is 2.42. The van der Waals surface area contributed by atoms with Gasteiger partial charge in [0.1, 0.15) is 5.69 Å². The van der Waals surface area contributed by atoms with Crippen molar-refractivity contribution in [2.24, 2.45) is 5.92 Å². The molecule has 0 radical (unpaired) electrons. The summed E-state index contributed by atoms with van der Waals surface area (Å²) in [5.74, 6) is 0.514. The summed E-state index contributed by atoms with van der Waals surface area (Å²) in [7, 11) is 0. The van der Waals surface area contributed by atoms with Crippen molar-refractivity contribution >= 4 is 22.3 Å². The zero-order chi connectivity index (χ0) is 15.2. The van der Waals surface area contributed by atoms with Crippen molar-refractivity contribution in [3.05, 3.63) is 38.9 Å². The molecule has 0 aliphatic heterocycles. The van der Waals surface area contributed by atoms with Crippen LogP contribution < -0.4 is 10.9 Å². The maximum Gasteiger partial charge on any atom is 0.293 e. The van der Waals surface area contributed by atoms with Crippen LogP contribution in [0.4, 0.5) is 11.4 Å². The summed E-state index contributed by atoms with van der Waals surface area (Å²) in [6.45, 7) is 4.06. The zero-order valence-corrected chi connectivity index (χ0v) is 11.8. The number of fused-ring (bicyclic) bond motifs is 1. The zero-order valence-electron chi connectivity index (χ0n) is 11.8. The van der Waals surface area contributed by atoms with Crippen LogP contribution in [0, 0.1) is 16.0 Å². The second-order valence-electron chi connectivity index (χ2n) is 6.00. The van der Waals surface area contributed by atoms with E-state index in [9.17, 15) is 14.9 Å². The number of nitro groups is 1. The first-order valence-corrected chi connectivity index (χ1v) is 6.82. The van der Waals surface area contributed by atoms with E-state index in [2.05, 4.69) is 15.3 Å². The summed E-state index contributed by atoms with van der Waals surface area (Å²) < 4.78 is 0. The van der Waals surface area contributed by atoms with Crippen molar-refractivity contribution in [2.75, 3.05) is 5.32 Å². The number of nitrogens with zero attached hydrogens (tertiary/aromatic N) is 2. The van der Waals surface area contributed by atoms with Gasteiger partial charge in [0.15, 0.2) is 0 Å². The number of nitrogens with one attached hydrogen (secondary N) is 2. The fourth-order valence-electron chi connectivity index (χ4n) is 2.61. The fraction of sp³-hybridized carbons (Fsp3) is 0.429. The lowest BCUT2D eigenvalue weighted by atomic mass is 9.98. The summed E-state index contributed by atoms with van der Waals surface area (Å²) in [6.07, 6.45) is 3.55. The van der Waals surface area contributed by atoms with Gasteiger partial charge in [-0.25, -0.2) is 4.98 Å². The lowest BCUT2D eigenvalue weighted by Crippen LogP contribution is -2.33. The first-order valence-electron chi connectivity index (χ1n) is 6.82. The van der Waals surface area contributed by atoms with Gasteiger partial charge in [0, 0.05) is 11.6 Å². The number of hydrogen-bond donors (Lipinski definition) is 2. The molecule has 0 unspecified atom stereocenters. The van der Waals surface area contributed by atoms with E-state index in [1.807, 2.05) is 13.8 Å². The number of benzene rings is 1. The molecule has 7 heteroatoms. The molecule has 0 amide bonds. The maximum atomic E-state index is 11.7. The summed E-state index contributed by atoms with van der Waals surface area (Å²) in [5, 5.41) is 14.8. The van der Waals surface area contributed by atoms with Crippen LogP contribution in [0.3, 0.4) is 0 Å². The summed E-state index contributed by atoms with van der Waals surface area (Å²) >= 11 is 0. The van der Waals surface area contributed by atoms with Crippen LogP contribution in [0.1, 0.15) is 26.7 Å². The van der Waals surface area contributed by atoms with E-state index in [1.165, 1.54) is 12.4 Å². The third-order valence-electron chi connectivity index (χ3n) is 4.01. The van der Waals surface area contributed by atoms with Gasteiger partial charge in [0.2, 0.25) is 0 Å². The molecule has 1 aromatic heterocycles. The highest BCUT2D eigenvalue weighted by atomic mass is 16.6. The Balaban J connectivity index is 2.13. The second kappa shape index (κ2) is 4.54. The van der Waals surface area contributed by atoms with Gasteiger partial charge in [-0.05, 0) is 38.7 Å². The molecule has 1 aromatic carbocycles. The van der Waals surface area contributed by atoms with Crippen LogP contribution >= 0.6 is 0 Å². The van der Waals surface area contributed by atoms with E-state index in [4.69, 9.17) is 0 Å². The molecule has 0 bridgehead atoms. The van der Waals surface area contributed by atoms with Crippen molar-refractivity contribution < 1.29 is 4.92 Å². The van der Waals surface area contributed by atoms with Crippen molar-refractivity contribution in [2.45, 2.75) is 32.2 Å². The smallest absolute Gasteiger partial charge is 0.293 e. The van der Waals surface area contributed by atoms with Gasteiger partial charge in [0.25, 0.3) is 11.2 Å². The van der Waals surface area contributed by atoms with Crippen molar-refractivity contribution in [3.63, 3.8) is 0 Å². The molecule has 1 heterocycles. The van der Waals surface area contributed by atoms with Gasteiger partial charge in [-0.1, -0.05) is 0 Å². The number of rotatable bonds is 4. The summed E-state index contributed by atoms with van der Waals surface area (Å²) in [6, 6.07) is 2.86. The van der Waals surface area contributed by atoms with E-state index in [1.54, 1.807) is 6.07 Å². The van der Waals surface area contributed by atoms with E-state index < -0.39 is 4.92 Å². The van der Waals surface area contributed by atoms with E-state index in [0.29, 0.717) is 17.1 Å². The summed E-state index contributed by atoms with van der Waals surface area (Å²) in [4.78, 5) is 29.0. The molecule has 3 rings (SSSR count). The van der Waals surface area contributed by atoms with Gasteiger partial charge in [-0.15, -0.1) is 0 Å². The Bertz CT molecular complexity index is 777. The number of aromatic nitrogens is 2. The van der Waals surface area contributed by atoms with Gasteiger partial charge in [-0.2, -0.15) is 0 Å². The molecule has 0 saturated heterocycles. The van der Waals surface area contributed by atoms with E-state index >= 15 is 0 Å². The molecule has 2 N–H and O–H groups in total. The van der Waals surface area contributed by atoms with E-state index in [-0.39, 0.29) is 22.2 Å². The highest BCUT2D eigenvalue weighted by Gasteiger charge is 2.38. The number of anilines is 1. The third-order valence-corrected chi connectivity index (χ3v) is 4.01. The van der Waals surface area contributed by atoms with Crippen LogP contribution in [0.15, 0.2) is 23.3 Å². The fourth-order valence-corrected chi connectivity index (χ4v) is 2.61. The largest absolute Gasteiger partial charge is 0.374 e. The Kier molecular flexibility index (Phi) is 2.93. The highest BCUT2D eigenvalue weighted by molar-refractivity contribution is 5.86. The topological polar surface area (TPSA) is 101 Å². The Morgan fingerprint density at radius 3 is 2.76 bits per heavy atom. The van der Waals surface area contributed by atoms with Crippen molar-refractivity contribution in [1.29, 1.82) is 0 Å². The molecule has 21 heavy (non-hydrogen) atoms. The number of hydrogen-bond acceptors (Lipinski definition) is 5. The molecular weight excluding hydrogens is 272 g/mol. The minimum Gasteiger partial charge on any atom is -0.374 e. The quantitative estimate of drug-likeness (QED) is 0.664. The average molecular weight is 288 g/mol. The monoisotopic (exact) mass is 288 g/mol. The Labute approximate surface area is 120 Å². The number of H-pyrrole nitrogens is 1. The Hall–Kier alpha value is -2.44.